The van der Waals surface area contributed by atoms with Gasteiger partial charge in [-0.3, -0.25) is 0 Å². The van der Waals surface area contributed by atoms with E-state index in [9.17, 15) is 8.42 Å². The number of nitrogens with one attached hydrogen (secondary N) is 1. The molecule has 0 amide bonds. The van der Waals surface area contributed by atoms with Crippen molar-refractivity contribution in [3.63, 3.8) is 0 Å². The Labute approximate surface area is 159 Å². The van der Waals surface area contributed by atoms with Gasteiger partial charge in [-0.05, 0) is 42.0 Å². The van der Waals surface area contributed by atoms with Crippen molar-refractivity contribution in [1.82, 2.24) is 9.62 Å². The van der Waals surface area contributed by atoms with Gasteiger partial charge in [0.05, 0.1) is 0 Å². The predicted octanol–water partition coefficient (Wildman–Crippen LogP) is 2.87. The van der Waals surface area contributed by atoms with E-state index < -0.39 is 10.0 Å². The normalized spacial score (nSPS) is 15.6. The molecule has 1 heterocycles. The van der Waals surface area contributed by atoms with Gasteiger partial charge >= 0.3 is 0 Å². The first-order valence-electron chi connectivity index (χ1n) is 8.55. The highest BCUT2D eigenvalue weighted by molar-refractivity contribution is 9.10. The van der Waals surface area contributed by atoms with Crippen molar-refractivity contribution in [3.05, 3.63) is 16.6 Å². The Morgan fingerprint density at radius 1 is 1.16 bits per heavy atom. The van der Waals surface area contributed by atoms with Crippen LogP contribution in [0.3, 0.4) is 0 Å². The molecule has 142 valence electrons. The standard InChI is InChI=1S/C17H27BrN2O4S/c1-5-12(6-2)14(20(3)4)11-19-25(21,22)17-10-16-15(9-13(17)18)23-7-8-24-16/h9-10,12,14,19H,5-8,11H2,1-4H3. The van der Waals surface area contributed by atoms with E-state index in [1.165, 1.54) is 6.07 Å². The molecule has 1 aliphatic heterocycles. The summed E-state index contributed by atoms with van der Waals surface area (Å²) in [5.74, 6) is 1.45. The number of hydrogen-bond donors (Lipinski definition) is 1. The van der Waals surface area contributed by atoms with Crippen molar-refractivity contribution in [2.75, 3.05) is 33.9 Å². The van der Waals surface area contributed by atoms with Crippen molar-refractivity contribution in [2.24, 2.45) is 5.92 Å². The van der Waals surface area contributed by atoms with Gasteiger partial charge in [-0.25, -0.2) is 13.1 Å². The molecule has 0 spiro atoms. The van der Waals surface area contributed by atoms with Gasteiger partial charge in [-0.2, -0.15) is 0 Å². The number of hydrogen-bond acceptors (Lipinski definition) is 5. The molecule has 1 aromatic rings. The van der Waals surface area contributed by atoms with Crippen LogP contribution in [0.25, 0.3) is 0 Å². The molecule has 6 nitrogen and oxygen atoms in total. The maximum atomic E-state index is 12.8. The van der Waals surface area contributed by atoms with E-state index >= 15 is 0 Å². The zero-order chi connectivity index (χ0) is 18.6. The van der Waals surface area contributed by atoms with Gasteiger partial charge in [0, 0.05) is 23.1 Å². The molecular formula is C17H27BrN2O4S. The van der Waals surface area contributed by atoms with Gasteiger partial charge in [-0.1, -0.05) is 26.7 Å². The molecule has 0 radical (unpaired) electrons. The van der Waals surface area contributed by atoms with Crippen molar-refractivity contribution < 1.29 is 17.9 Å². The van der Waals surface area contributed by atoms with Crippen molar-refractivity contribution in [3.8, 4) is 11.5 Å². The number of ether oxygens (including phenoxy) is 2. The Hall–Kier alpha value is -0.830. The van der Waals surface area contributed by atoms with Crippen molar-refractivity contribution in [1.29, 1.82) is 0 Å². The molecule has 0 bridgehead atoms. The van der Waals surface area contributed by atoms with E-state index in [0.717, 1.165) is 12.8 Å². The number of nitrogens with zero attached hydrogens (tertiary/aromatic N) is 1. The van der Waals surface area contributed by atoms with Crippen LogP contribution in [0.4, 0.5) is 0 Å². The second-order valence-electron chi connectivity index (χ2n) is 6.39. The fraction of sp³-hybridized carbons (Fsp3) is 0.647. The molecule has 1 N–H and O–H groups in total. The third kappa shape index (κ3) is 4.87. The van der Waals surface area contributed by atoms with Crippen LogP contribution in [0, 0.1) is 5.92 Å². The lowest BCUT2D eigenvalue weighted by Crippen LogP contribution is -2.44. The van der Waals surface area contributed by atoms with Crippen LogP contribution in [0.5, 0.6) is 11.5 Å². The summed E-state index contributed by atoms with van der Waals surface area (Å²) in [6, 6.07) is 3.30. The fourth-order valence-electron chi connectivity index (χ4n) is 3.13. The van der Waals surface area contributed by atoms with Crippen LogP contribution < -0.4 is 14.2 Å². The average Bonchev–Trinajstić information content (AvgIpc) is 2.57. The van der Waals surface area contributed by atoms with Crippen molar-refractivity contribution >= 4 is 26.0 Å². The quantitative estimate of drug-likeness (QED) is 0.680. The molecule has 0 saturated heterocycles. The molecule has 0 fully saturated rings. The largest absolute Gasteiger partial charge is 0.486 e. The van der Waals surface area contributed by atoms with Gasteiger partial charge in [-0.15, -0.1) is 0 Å². The number of rotatable bonds is 8. The monoisotopic (exact) mass is 434 g/mol. The van der Waals surface area contributed by atoms with Crippen LogP contribution in [0.2, 0.25) is 0 Å². The average molecular weight is 435 g/mol. The van der Waals surface area contributed by atoms with Crippen LogP contribution in [0.1, 0.15) is 26.7 Å². The Bertz CT molecular complexity index is 690. The van der Waals surface area contributed by atoms with Crippen LogP contribution in [0.15, 0.2) is 21.5 Å². The van der Waals surface area contributed by atoms with E-state index in [-0.39, 0.29) is 10.9 Å². The molecule has 1 aromatic carbocycles. The fourth-order valence-corrected chi connectivity index (χ4v) is 5.21. The molecule has 0 aliphatic carbocycles. The predicted molar refractivity (Wildman–Crippen MR) is 102 cm³/mol. The zero-order valence-corrected chi connectivity index (χ0v) is 17.6. The summed E-state index contributed by atoms with van der Waals surface area (Å²) in [6.07, 6.45) is 2.02. The summed E-state index contributed by atoms with van der Waals surface area (Å²) >= 11 is 3.34. The maximum absolute atomic E-state index is 12.8. The van der Waals surface area contributed by atoms with Crippen LogP contribution in [-0.4, -0.2) is 53.2 Å². The molecule has 1 aliphatic rings. The number of benzene rings is 1. The molecule has 25 heavy (non-hydrogen) atoms. The summed E-state index contributed by atoms with van der Waals surface area (Å²) < 4.78 is 39.8. The van der Waals surface area contributed by atoms with Gasteiger partial charge in [0.2, 0.25) is 10.0 Å². The van der Waals surface area contributed by atoms with Gasteiger partial charge in [0.25, 0.3) is 0 Å². The lowest BCUT2D eigenvalue weighted by molar-refractivity contribution is 0.171. The lowest BCUT2D eigenvalue weighted by Gasteiger charge is -2.31. The summed E-state index contributed by atoms with van der Waals surface area (Å²) in [6.45, 7) is 5.51. The van der Waals surface area contributed by atoms with E-state index in [0.29, 0.717) is 41.6 Å². The molecule has 8 heteroatoms. The number of sulfonamides is 1. The van der Waals surface area contributed by atoms with Gasteiger partial charge in [0.1, 0.15) is 18.1 Å². The summed E-state index contributed by atoms with van der Waals surface area (Å²) in [5, 5.41) is 0. The van der Waals surface area contributed by atoms with E-state index in [4.69, 9.17) is 9.47 Å². The molecular weight excluding hydrogens is 408 g/mol. The molecule has 1 unspecified atom stereocenters. The summed E-state index contributed by atoms with van der Waals surface area (Å²) in [5.41, 5.74) is 0. The lowest BCUT2D eigenvalue weighted by atomic mass is 9.93. The van der Waals surface area contributed by atoms with Crippen molar-refractivity contribution in [2.45, 2.75) is 37.6 Å². The molecule has 0 saturated carbocycles. The first-order valence-corrected chi connectivity index (χ1v) is 10.8. The van der Waals surface area contributed by atoms with Gasteiger partial charge < -0.3 is 14.4 Å². The third-order valence-electron chi connectivity index (χ3n) is 4.62. The highest BCUT2D eigenvalue weighted by Gasteiger charge is 2.26. The minimum Gasteiger partial charge on any atom is -0.486 e. The highest BCUT2D eigenvalue weighted by atomic mass is 79.9. The smallest absolute Gasteiger partial charge is 0.241 e. The Morgan fingerprint density at radius 2 is 1.72 bits per heavy atom. The molecule has 0 aromatic heterocycles. The Balaban J connectivity index is 2.21. The maximum Gasteiger partial charge on any atom is 0.241 e. The highest BCUT2D eigenvalue weighted by Crippen LogP contribution is 2.37. The first kappa shape index (κ1) is 20.5. The molecule has 1 atom stereocenters. The molecule has 2 rings (SSSR count). The van der Waals surface area contributed by atoms with E-state index in [2.05, 4.69) is 39.4 Å². The number of likely N-dealkylation sites (N-methyl/N-ethyl adjacent to an activating group) is 1. The minimum atomic E-state index is -3.66. The van der Waals surface area contributed by atoms with Crippen LogP contribution in [-0.2, 0) is 10.0 Å². The summed E-state index contributed by atoms with van der Waals surface area (Å²) in [7, 11) is 0.305. The third-order valence-corrected chi connectivity index (χ3v) is 7.01. The topological polar surface area (TPSA) is 67.9 Å². The minimum absolute atomic E-state index is 0.140. The number of halogens is 1. The summed E-state index contributed by atoms with van der Waals surface area (Å²) in [4.78, 5) is 2.25. The van der Waals surface area contributed by atoms with E-state index in [1.807, 2.05) is 14.1 Å². The Kier molecular flexibility index (Phi) is 7.13. The second kappa shape index (κ2) is 8.70. The second-order valence-corrected chi connectivity index (χ2v) is 8.98. The first-order chi connectivity index (χ1) is 11.8. The Morgan fingerprint density at radius 3 is 2.24 bits per heavy atom. The van der Waals surface area contributed by atoms with E-state index in [1.54, 1.807) is 6.07 Å². The zero-order valence-electron chi connectivity index (χ0n) is 15.2. The van der Waals surface area contributed by atoms with Gasteiger partial charge in [0.15, 0.2) is 11.5 Å². The number of fused-ring (bicyclic) bond motifs is 1. The van der Waals surface area contributed by atoms with Crippen LogP contribution >= 0.6 is 15.9 Å². The SMILES string of the molecule is CCC(CC)C(CNS(=O)(=O)c1cc2c(cc1Br)OCCO2)N(C)C.